The lowest BCUT2D eigenvalue weighted by atomic mass is 10.2. The molecule has 0 bridgehead atoms. The number of aromatic nitrogens is 2. The zero-order chi connectivity index (χ0) is 19.4. The number of hydrogen-bond acceptors (Lipinski definition) is 3. The molecule has 0 saturated carbocycles. The summed E-state index contributed by atoms with van der Waals surface area (Å²) in [4.78, 5) is 19.4. The van der Waals surface area contributed by atoms with Crippen LogP contribution in [0.1, 0.15) is 24.2 Å². The van der Waals surface area contributed by atoms with E-state index in [0.29, 0.717) is 17.0 Å². The van der Waals surface area contributed by atoms with Crippen LogP contribution in [-0.2, 0) is 6.54 Å². The number of nitrogens with zero attached hydrogens (tertiary/aromatic N) is 3. The Morgan fingerprint density at radius 2 is 1.96 bits per heavy atom. The van der Waals surface area contributed by atoms with Gasteiger partial charge in [-0.1, -0.05) is 41.9 Å². The van der Waals surface area contributed by atoms with Crippen LogP contribution in [0.25, 0.3) is 11.0 Å². The van der Waals surface area contributed by atoms with E-state index in [4.69, 9.17) is 0 Å². The summed E-state index contributed by atoms with van der Waals surface area (Å²) in [7, 11) is 0. The number of anilines is 1. The molecule has 0 fully saturated rings. The van der Waals surface area contributed by atoms with Crippen molar-refractivity contribution < 1.29 is 9.18 Å². The molecule has 0 atom stereocenters. The van der Waals surface area contributed by atoms with Gasteiger partial charge in [-0.25, -0.2) is 9.37 Å². The predicted molar refractivity (Wildman–Crippen MR) is 110 cm³/mol. The van der Waals surface area contributed by atoms with E-state index < -0.39 is 11.7 Å². The molecule has 3 aromatic rings. The Morgan fingerprint density at radius 1 is 1.22 bits per heavy atom. The van der Waals surface area contributed by atoms with Crippen LogP contribution in [-0.4, -0.2) is 40.0 Å². The third-order valence-electron chi connectivity index (χ3n) is 4.59. The van der Waals surface area contributed by atoms with Gasteiger partial charge in [-0.15, -0.1) is 0 Å². The molecule has 1 N–H and O–H groups in total. The summed E-state index contributed by atoms with van der Waals surface area (Å²) in [6.45, 7) is 7.66. The highest BCUT2D eigenvalue weighted by molar-refractivity contribution is 9.10. The van der Waals surface area contributed by atoms with Crippen molar-refractivity contribution in [2.75, 3.05) is 25.0 Å². The highest BCUT2D eigenvalue weighted by Crippen LogP contribution is 2.21. The minimum Gasteiger partial charge on any atom is -0.309 e. The van der Waals surface area contributed by atoms with E-state index in [-0.39, 0.29) is 5.56 Å². The summed E-state index contributed by atoms with van der Waals surface area (Å²) < 4.78 is 16.7. The van der Waals surface area contributed by atoms with Gasteiger partial charge < -0.3 is 9.47 Å². The summed E-state index contributed by atoms with van der Waals surface area (Å²) in [5.74, 6) is -0.664. The number of nitrogens with one attached hydrogen (secondary N) is 1. The van der Waals surface area contributed by atoms with Crippen molar-refractivity contribution in [3.63, 3.8) is 0 Å². The van der Waals surface area contributed by atoms with Crippen LogP contribution in [0.4, 0.5) is 10.3 Å². The molecule has 1 amide bonds. The topological polar surface area (TPSA) is 50.2 Å². The first-order valence-electron chi connectivity index (χ1n) is 8.97. The van der Waals surface area contributed by atoms with Gasteiger partial charge in [0, 0.05) is 17.6 Å². The van der Waals surface area contributed by atoms with Gasteiger partial charge in [-0.2, -0.15) is 0 Å². The first-order valence-corrected chi connectivity index (χ1v) is 9.76. The highest BCUT2D eigenvalue weighted by Gasteiger charge is 2.17. The number of benzene rings is 2. The van der Waals surface area contributed by atoms with Crippen molar-refractivity contribution in [1.82, 2.24) is 14.5 Å². The Morgan fingerprint density at radius 3 is 2.67 bits per heavy atom. The molecule has 5 nitrogen and oxygen atoms in total. The van der Waals surface area contributed by atoms with E-state index in [2.05, 4.69) is 45.0 Å². The fourth-order valence-corrected chi connectivity index (χ4v) is 3.35. The molecule has 3 rings (SSSR count). The third kappa shape index (κ3) is 4.36. The fourth-order valence-electron chi connectivity index (χ4n) is 3.02. The number of carbonyl (C=O) groups is 1. The lowest BCUT2D eigenvalue weighted by Gasteiger charge is -2.19. The molecule has 0 aliphatic carbocycles. The number of hydrogen-bond donors (Lipinski definition) is 1. The third-order valence-corrected chi connectivity index (χ3v) is 5.08. The van der Waals surface area contributed by atoms with Crippen molar-refractivity contribution in [1.29, 1.82) is 0 Å². The highest BCUT2D eigenvalue weighted by atomic mass is 79.9. The number of halogens is 2. The Balaban J connectivity index is 1.90. The van der Waals surface area contributed by atoms with Gasteiger partial charge in [0.1, 0.15) is 5.82 Å². The average Bonchev–Trinajstić information content (AvgIpc) is 2.99. The fraction of sp³-hybridized carbons (Fsp3) is 0.300. The van der Waals surface area contributed by atoms with Gasteiger partial charge >= 0.3 is 0 Å². The molecule has 0 aliphatic rings. The number of carbonyl (C=O) groups excluding carboxylic acids is 1. The normalized spacial score (nSPS) is 11.3. The number of imidazole rings is 1. The van der Waals surface area contributed by atoms with Gasteiger partial charge in [0.15, 0.2) is 0 Å². The first-order chi connectivity index (χ1) is 13.0. The molecule has 27 heavy (non-hydrogen) atoms. The van der Waals surface area contributed by atoms with Gasteiger partial charge in [-0.3, -0.25) is 10.1 Å². The van der Waals surface area contributed by atoms with Crippen LogP contribution in [0, 0.1) is 5.82 Å². The largest absolute Gasteiger partial charge is 0.309 e. The van der Waals surface area contributed by atoms with Crippen LogP contribution in [0.2, 0.25) is 0 Å². The quantitative estimate of drug-likeness (QED) is 0.596. The van der Waals surface area contributed by atoms with E-state index >= 15 is 0 Å². The van der Waals surface area contributed by atoms with E-state index in [0.717, 1.165) is 30.7 Å². The molecule has 0 aliphatic heterocycles. The summed E-state index contributed by atoms with van der Waals surface area (Å²) >= 11 is 3.20. The number of amides is 1. The second kappa shape index (κ2) is 8.63. The molecule has 0 spiro atoms. The van der Waals surface area contributed by atoms with Crippen LogP contribution < -0.4 is 5.32 Å². The molecule has 0 radical (unpaired) electrons. The van der Waals surface area contributed by atoms with Crippen LogP contribution in [0.5, 0.6) is 0 Å². The molecular weight excluding hydrogens is 411 g/mol. The van der Waals surface area contributed by atoms with Crippen molar-refractivity contribution in [3.05, 3.63) is 58.3 Å². The summed E-state index contributed by atoms with van der Waals surface area (Å²) in [5.41, 5.74) is 1.72. The van der Waals surface area contributed by atoms with E-state index in [9.17, 15) is 9.18 Å². The molecule has 142 valence electrons. The number of fused-ring (bicyclic) bond motifs is 1. The zero-order valence-electron chi connectivity index (χ0n) is 15.4. The Kier molecular flexibility index (Phi) is 6.23. The lowest BCUT2D eigenvalue weighted by molar-refractivity contribution is 0.102. The SMILES string of the molecule is CCN(CC)CCn1c(NC(=O)c2ccc(Br)cc2F)nc2ccccc21. The molecular formula is C20H22BrFN4O. The maximum atomic E-state index is 14.1. The molecule has 1 heterocycles. The smallest absolute Gasteiger partial charge is 0.260 e. The van der Waals surface area contributed by atoms with Crippen LogP contribution in [0.15, 0.2) is 46.9 Å². The number of rotatable bonds is 7. The van der Waals surface area contributed by atoms with Crippen molar-refractivity contribution in [2.24, 2.45) is 0 Å². The minimum atomic E-state index is -0.576. The van der Waals surface area contributed by atoms with Crippen molar-refractivity contribution in [2.45, 2.75) is 20.4 Å². The summed E-state index contributed by atoms with van der Waals surface area (Å²) in [6, 6.07) is 12.1. The Labute approximate surface area is 166 Å². The van der Waals surface area contributed by atoms with Gasteiger partial charge in [0.25, 0.3) is 5.91 Å². The number of para-hydroxylation sites is 2. The van der Waals surface area contributed by atoms with E-state index in [1.54, 1.807) is 6.07 Å². The van der Waals surface area contributed by atoms with Gasteiger partial charge in [-0.05, 0) is 43.4 Å². The van der Waals surface area contributed by atoms with Crippen molar-refractivity contribution in [3.8, 4) is 0 Å². The van der Waals surface area contributed by atoms with Gasteiger partial charge in [0.05, 0.1) is 16.6 Å². The summed E-state index contributed by atoms with van der Waals surface area (Å²) in [6.07, 6.45) is 0. The Bertz CT molecular complexity index is 952. The monoisotopic (exact) mass is 432 g/mol. The summed E-state index contributed by atoms with van der Waals surface area (Å²) in [5, 5.41) is 2.78. The van der Waals surface area contributed by atoms with Crippen LogP contribution >= 0.6 is 15.9 Å². The Hall–Kier alpha value is -2.25. The van der Waals surface area contributed by atoms with Crippen molar-refractivity contribution >= 4 is 38.8 Å². The standard InChI is InChI=1S/C20H22BrFN4O/c1-3-25(4-2)11-12-26-18-8-6-5-7-17(18)23-20(26)24-19(27)15-10-9-14(21)13-16(15)22/h5-10,13H,3-4,11-12H2,1-2H3,(H,23,24,27). The average molecular weight is 433 g/mol. The molecule has 1 aromatic heterocycles. The molecule has 7 heteroatoms. The van der Waals surface area contributed by atoms with E-state index in [1.165, 1.54) is 12.1 Å². The first kappa shape index (κ1) is 19.5. The zero-order valence-corrected chi connectivity index (χ0v) is 17.0. The van der Waals surface area contributed by atoms with E-state index in [1.807, 2.05) is 28.8 Å². The predicted octanol–water partition coefficient (Wildman–Crippen LogP) is 4.53. The molecule has 0 unspecified atom stereocenters. The second-order valence-electron chi connectivity index (χ2n) is 6.18. The second-order valence-corrected chi connectivity index (χ2v) is 7.10. The number of likely N-dealkylation sites (N-methyl/N-ethyl adjacent to an activating group) is 1. The van der Waals surface area contributed by atoms with Gasteiger partial charge in [0.2, 0.25) is 5.95 Å². The lowest BCUT2D eigenvalue weighted by Crippen LogP contribution is -2.27. The minimum absolute atomic E-state index is 0.0134. The molecule has 2 aromatic carbocycles. The maximum absolute atomic E-state index is 14.1. The maximum Gasteiger partial charge on any atom is 0.260 e. The van der Waals surface area contributed by atoms with Crippen LogP contribution in [0.3, 0.4) is 0 Å². The molecule has 0 saturated heterocycles.